The number of hydrogen-bond acceptors (Lipinski definition) is 6. The molecule has 0 aliphatic rings. The van der Waals surface area contributed by atoms with Gasteiger partial charge in [0.05, 0.1) is 5.39 Å². The van der Waals surface area contributed by atoms with E-state index in [4.69, 9.17) is 4.42 Å². The van der Waals surface area contributed by atoms with E-state index in [9.17, 15) is 9.90 Å². The molecule has 0 bridgehead atoms. The fourth-order valence-electron chi connectivity index (χ4n) is 2.70. The Kier molecular flexibility index (Phi) is 3.85. The number of phenolic OH excluding ortho intramolecular Hbond substituents is 1. The second-order valence-corrected chi connectivity index (χ2v) is 5.77. The van der Waals surface area contributed by atoms with E-state index in [2.05, 4.69) is 15.5 Å². The van der Waals surface area contributed by atoms with Gasteiger partial charge >= 0.3 is 0 Å². The number of hydrogen-bond donors (Lipinski definition) is 1. The van der Waals surface area contributed by atoms with Crippen molar-refractivity contribution in [3.63, 3.8) is 0 Å². The van der Waals surface area contributed by atoms with Gasteiger partial charge in [0.15, 0.2) is 5.43 Å². The molecule has 0 spiro atoms. The molecule has 0 fully saturated rings. The van der Waals surface area contributed by atoms with Crippen LogP contribution in [0, 0.1) is 13.8 Å². The second kappa shape index (κ2) is 5.83. The maximum absolute atomic E-state index is 12.6. The van der Waals surface area contributed by atoms with Gasteiger partial charge < -0.3 is 9.52 Å². The van der Waals surface area contributed by atoms with Crippen LogP contribution in [0.15, 0.2) is 27.7 Å². The number of aromatic nitrogens is 4. The highest BCUT2D eigenvalue weighted by Gasteiger charge is 2.18. The normalized spacial score (nSPS) is 12.7. The van der Waals surface area contributed by atoms with E-state index in [1.807, 2.05) is 6.92 Å². The van der Waals surface area contributed by atoms with Gasteiger partial charge in [0.1, 0.15) is 23.4 Å². The lowest BCUT2D eigenvalue weighted by Crippen LogP contribution is -2.13. The third kappa shape index (κ3) is 2.69. The Labute approximate surface area is 132 Å². The summed E-state index contributed by atoms with van der Waals surface area (Å²) < 4.78 is 7.64. The zero-order valence-electron chi connectivity index (χ0n) is 13.3. The van der Waals surface area contributed by atoms with Crippen molar-refractivity contribution in [3.05, 3.63) is 45.6 Å². The third-order valence-corrected chi connectivity index (χ3v) is 4.17. The standard InChI is InChI=1S/C16H18N4O3/c1-9(6-7-20-8-17-18-19-20)15-11(3)14(22)12-4-5-13(21)10(2)16(12)23-15/h4-5,8-9,21H,6-7H2,1-3H3/t9-/m0/s1. The summed E-state index contributed by atoms with van der Waals surface area (Å²) in [6.07, 6.45) is 2.29. The SMILES string of the molecule is Cc1c([C@@H](C)CCn2cnnn2)oc2c(C)c(O)ccc2c1=O. The first kappa shape index (κ1) is 15.2. The van der Waals surface area contributed by atoms with Gasteiger partial charge in [-0.3, -0.25) is 4.79 Å². The molecular formula is C16H18N4O3. The van der Waals surface area contributed by atoms with E-state index < -0.39 is 0 Å². The summed E-state index contributed by atoms with van der Waals surface area (Å²) in [5, 5.41) is 21.4. The molecule has 1 N–H and O–H groups in total. The lowest BCUT2D eigenvalue weighted by Gasteiger charge is -2.15. The third-order valence-electron chi connectivity index (χ3n) is 4.17. The molecule has 3 rings (SSSR count). The highest BCUT2D eigenvalue weighted by Crippen LogP contribution is 2.30. The first-order valence-electron chi connectivity index (χ1n) is 7.45. The van der Waals surface area contributed by atoms with Crippen LogP contribution in [-0.2, 0) is 6.54 Å². The van der Waals surface area contributed by atoms with E-state index in [0.717, 1.165) is 6.42 Å². The first-order valence-corrected chi connectivity index (χ1v) is 7.45. The van der Waals surface area contributed by atoms with Crippen LogP contribution in [-0.4, -0.2) is 25.3 Å². The van der Waals surface area contributed by atoms with Crippen molar-refractivity contribution < 1.29 is 9.52 Å². The van der Waals surface area contributed by atoms with Crippen LogP contribution in [0.3, 0.4) is 0 Å². The number of aryl methyl sites for hydroxylation is 2. The highest BCUT2D eigenvalue weighted by atomic mass is 16.3. The molecular weight excluding hydrogens is 296 g/mol. The van der Waals surface area contributed by atoms with E-state index in [0.29, 0.717) is 34.4 Å². The van der Waals surface area contributed by atoms with E-state index in [1.165, 1.54) is 6.07 Å². The van der Waals surface area contributed by atoms with Gasteiger partial charge in [-0.2, -0.15) is 0 Å². The van der Waals surface area contributed by atoms with Crippen LogP contribution in [0.5, 0.6) is 5.75 Å². The molecule has 0 aliphatic carbocycles. The largest absolute Gasteiger partial charge is 0.508 e. The van der Waals surface area contributed by atoms with Crippen LogP contribution in [0.1, 0.15) is 36.1 Å². The summed E-state index contributed by atoms with van der Waals surface area (Å²) in [5.41, 5.74) is 1.57. The summed E-state index contributed by atoms with van der Waals surface area (Å²) in [5.74, 6) is 0.791. The van der Waals surface area contributed by atoms with E-state index in [-0.39, 0.29) is 17.1 Å². The summed E-state index contributed by atoms with van der Waals surface area (Å²) in [7, 11) is 0. The number of nitrogens with zero attached hydrogens (tertiary/aromatic N) is 4. The molecule has 1 atom stereocenters. The van der Waals surface area contributed by atoms with Crippen LogP contribution in [0.4, 0.5) is 0 Å². The quantitative estimate of drug-likeness (QED) is 0.794. The van der Waals surface area contributed by atoms with Gasteiger partial charge in [0.2, 0.25) is 0 Å². The molecule has 0 saturated carbocycles. The molecule has 2 heterocycles. The Morgan fingerprint density at radius 1 is 1.30 bits per heavy atom. The van der Waals surface area contributed by atoms with Crippen LogP contribution in [0.25, 0.3) is 11.0 Å². The average molecular weight is 314 g/mol. The smallest absolute Gasteiger partial charge is 0.195 e. The van der Waals surface area contributed by atoms with Gasteiger partial charge in [-0.15, -0.1) is 5.10 Å². The monoisotopic (exact) mass is 314 g/mol. The number of fused-ring (bicyclic) bond motifs is 1. The predicted octanol–water partition coefficient (Wildman–Crippen LogP) is 2.30. The molecule has 120 valence electrons. The van der Waals surface area contributed by atoms with Crippen molar-refractivity contribution in [2.45, 2.75) is 39.7 Å². The summed E-state index contributed by atoms with van der Waals surface area (Å²) >= 11 is 0. The van der Waals surface area contributed by atoms with Crippen molar-refractivity contribution in [2.75, 3.05) is 0 Å². The number of benzene rings is 1. The summed E-state index contributed by atoms with van der Waals surface area (Å²) in [6, 6.07) is 3.13. The Morgan fingerprint density at radius 2 is 2.09 bits per heavy atom. The molecule has 0 unspecified atom stereocenters. The zero-order valence-corrected chi connectivity index (χ0v) is 13.3. The minimum atomic E-state index is -0.0568. The summed E-state index contributed by atoms with van der Waals surface area (Å²) in [6.45, 7) is 6.15. The van der Waals surface area contributed by atoms with Gasteiger partial charge in [0.25, 0.3) is 0 Å². The maximum Gasteiger partial charge on any atom is 0.195 e. The predicted molar refractivity (Wildman–Crippen MR) is 84.5 cm³/mol. The van der Waals surface area contributed by atoms with Gasteiger partial charge in [-0.1, -0.05) is 6.92 Å². The van der Waals surface area contributed by atoms with Crippen molar-refractivity contribution >= 4 is 11.0 Å². The van der Waals surface area contributed by atoms with Crippen molar-refractivity contribution in [3.8, 4) is 5.75 Å². The second-order valence-electron chi connectivity index (χ2n) is 5.77. The zero-order chi connectivity index (χ0) is 16.6. The molecule has 0 saturated heterocycles. The van der Waals surface area contributed by atoms with Gasteiger partial charge in [-0.25, -0.2) is 4.68 Å². The molecule has 7 nitrogen and oxygen atoms in total. The maximum atomic E-state index is 12.6. The number of phenols is 1. The van der Waals surface area contributed by atoms with Crippen LogP contribution >= 0.6 is 0 Å². The minimum absolute atomic E-state index is 0.0260. The Hall–Kier alpha value is -2.70. The fraction of sp³-hybridized carbons (Fsp3) is 0.375. The topological polar surface area (TPSA) is 94.0 Å². The molecule has 1 aromatic carbocycles. The summed E-state index contributed by atoms with van der Waals surface area (Å²) in [4.78, 5) is 12.6. The first-order chi connectivity index (χ1) is 11.0. The molecule has 23 heavy (non-hydrogen) atoms. The minimum Gasteiger partial charge on any atom is -0.508 e. The van der Waals surface area contributed by atoms with E-state index >= 15 is 0 Å². The highest BCUT2D eigenvalue weighted by molar-refractivity contribution is 5.82. The Bertz CT molecular complexity index is 900. The molecule has 0 amide bonds. The molecule has 3 aromatic rings. The van der Waals surface area contributed by atoms with Crippen molar-refractivity contribution in [1.29, 1.82) is 0 Å². The number of rotatable bonds is 4. The van der Waals surface area contributed by atoms with Crippen LogP contribution in [0.2, 0.25) is 0 Å². The van der Waals surface area contributed by atoms with Gasteiger partial charge in [-0.05, 0) is 42.8 Å². The number of tetrazole rings is 1. The van der Waals surface area contributed by atoms with Crippen molar-refractivity contribution in [2.24, 2.45) is 0 Å². The molecule has 7 heteroatoms. The fourth-order valence-corrected chi connectivity index (χ4v) is 2.70. The molecule has 2 aromatic heterocycles. The Balaban J connectivity index is 2.01. The lowest BCUT2D eigenvalue weighted by atomic mass is 9.98. The van der Waals surface area contributed by atoms with Crippen LogP contribution < -0.4 is 5.43 Å². The van der Waals surface area contributed by atoms with Gasteiger partial charge in [0, 0.05) is 23.6 Å². The van der Waals surface area contributed by atoms with Crippen molar-refractivity contribution in [1.82, 2.24) is 20.2 Å². The molecule has 0 aliphatic heterocycles. The Morgan fingerprint density at radius 3 is 2.78 bits per heavy atom. The molecule has 0 radical (unpaired) electrons. The lowest BCUT2D eigenvalue weighted by molar-refractivity contribution is 0.436. The van der Waals surface area contributed by atoms with E-state index in [1.54, 1.807) is 30.9 Å². The number of aromatic hydroxyl groups is 1. The average Bonchev–Trinajstić information content (AvgIpc) is 3.05.